The van der Waals surface area contributed by atoms with E-state index in [0.717, 1.165) is 11.3 Å². The van der Waals surface area contributed by atoms with Crippen LogP contribution in [0.1, 0.15) is 31.3 Å². The highest BCUT2D eigenvalue weighted by atomic mass is 35.5. The van der Waals surface area contributed by atoms with Gasteiger partial charge in [-0.05, 0) is 44.5 Å². The normalized spacial score (nSPS) is 13.0. The van der Waals surface area contributed by atoms with E-state index in [4.69, 9.17) is 16.3 Å². The Kier molecular flexibility index (Phi) is 6.82. The summed E-state index contributed by atoms with van der Waals surface area (Å²) in [6.45, 7) is 5.69. The van der Waals surface area contributed by atoms with Gasteiger partial charge >= 0.3 is 0 Å². The molecular formula is C21H23ClN4O2S. The van der Waals surface area contributed by atoms with Crippen LogP contribution in [-0.4, -0.2) is 25.9 Å². The predicted molar refractivity (Wildman–Crippen MR) is 117 cm³/mol. The number of halogens is 1. The zero-order valence-electron chi connectivity index (χ0n) is 16.7. The summed E-state index contributed by atoms with van der Waals surface area (Å²) in [6.07, 6.45) is -0.349. The van der Waals surface area contributed by atoms with Crippen LogP contribution in [0.4, 0.5) is 5.69 Å². The molecule has 152 valence electrons. The van der Waals surface area contributed by atoms with Crippen LogP contribution >= 0.6 is 23.4 Å². The van der Waals surface area contributed by atoms with E-state index >= 15 is 0 Å². The number of anilines is 1. The number of nitrogens with zero attached hydrogens (tertiary/aromatic N) is 3. The molecule has 0 fully saturated rings. The molecule has 0 aliphatic rings. The highest BCUT2D eigenvalue weighted by molar-refractivity contribution is 8.00. The molecule has 0 bridgehead atoms. The number of para-hydroxylation sites is 2. The zero-order valence-corrected chi connectivity index (χ0v) is 18.3. The van der Waals surface area contributed by atoms with Gasteiger partial charge in [0.1, 0.15) is 5.75 Å². The van der Waals surface area contributed by atoms with Gasteiger partial charge in [-0.15, -0.1) is 10.2 Å². The number of amides is 1. The maximum atomic E-state index is 12.6. The second-order valence-corrected chi connectivity index (χ2v) is 8.37. The van der Waals surface area contributed by atoms with Gasteiger partial charge in [-0.2, -0.15) is 0 Å². The lowest BCUT2D eigenvalue weighted by Gasteiger charge is -2.16. The number of rotatable bonds is 7. The third-order valence-corrected chi connectivity index (χ3v) is 5.87. The Bertz CT molecular complexity index is 1010. The van der Waals surface area contributed by atoms with Gasteiger partial charge < -0.3 is 14.6 Å². The minimum absolute atomic E-state index is 0.0887. The summed E-state index contributed by atoms with van der Waals surface area (Å²) in [5, 5.41) is 12.3. The van der Waals surface area contributed by atoms with Crippen molar-refractivity contribution in [3.63, 3.8) is 0 Å². The van der Waals surface area contributed by atoms with E-state index in [0.29, 0.717) is 21.8 Å². The van der Waals surface area contributed by atoms with Crippen molar-refractivity contribution in [2.75, 3.05) is 5.32 Å². The van der Waals surface area contributed by atoms with Crippen LogP contribution in [0, 0.1) is 6.92 Å². The molecule has 6 nitrogen and oxygen atoms in total. The summed E-state index contributed by atoms with van der Waals surface area (Å²) in [5.74, 6) is 1.15. The van der Waals surface area contributed by atoms with Gasteiger partial charge in [0.15, 0.2) is 17.1 Å². The van der Waals surface area contributed by atoms with Crippen LogP contribution in [0.15, 0.2) is 53.7 Å². The number of carbonyl (C=O) groups excluding carboxylic acids is 1. The molecule has 0 aliphatic heterocycles. The molecule has 0 spiro atoms. The fourth-order valence-corrected chi connectivity index (χ4v) is 3.73. The van der Waals surface area contributed by atoms with Gasteiger partial charge in [-0.3, -0.25) is 4.79 Å². The highest BCUT2D eigenvalue weighted by Crippen LogP contribution is 2.30. The number of hydrogen-bond donors (Lipinski definition) is 1. The zero-order chi connectivity index (χ0) is 21.0. The van der Waals surface area contributed by atoms with Gasteiger partial charge in [0.2, 0.25) is 5.91 Å². The topological polar surface area (TPSA) is 69.0 Å². The van der Waals surface area contributed by atoms with E-state index in [2.05, 4.69) is 15.5 Å². The minimum atomic E-state index is -0.349. The molecule has 1 amide bonds. The first-order chi connectivity index (χ1) is 13.9. The van der Waals surface area contributed by atoms with E-state index in [1.807, 2.05) is 74.9 Å². The van der Waals surface area contributed by atoms with Crippen molar-refractivity contribution in [2.24, 2.45) is 7.05 Å². The van der Waals surface area contributed by atoms with Crippen molar-refractivity contribution in [1.29, 1.82) is 0 Å². The molecule has 2 unspecified atom stereocenters. The van der Waals surface area contributed by atoms with Crippen LogP contribution in [0.3, 0.4) is 0 Å². The van der Waals surface area contributed by atoms with Crippen LogP contribution in [0.5, 0.6) is 5.75 Å². The third-order valence-electron chi connectivity index (χ3n) is 4.43. The van der Waals surface area contributed by atoms with Gasteiger partial charge in [0, 0.05) is 12.7 Å². The van der Waals surface area contributed by atoms with Gasteiger partial charge in [-0.25, -0.2) is 0 Å². The van der Waals surface area contributed by atoms with Crippen LogP contribution in [0.25, 0.3) is 0 Å². The Morgan fingerprint density at radius 3 is 2.55 bits per heavy atom. The molecule has 3 rings (SSSR count). The summed E-state index contributed by atoms with van der Waals surface area (Å²) in [6, 6.07) is 15.0. The van der Waals surface area contributed by atoms with Crippen LogP contribution in [-0.2, 0) is 11.8 Å². The maximum Gasteiger partial charge on any atom is 0.237 e. The van der Waals surface area contributed by atoms with Crippen molar-refractivity contribution in [3.8, 4) is 5.75 Å². The van der Waals surface area contributed by atoms with Gasteiger partial charge in [0.25, 0.3) is 0 Å². The molecular weight excluding hydrogens is 408 g/mol. The molecule has 2 aromatic carbocycles. The Labute approximate surface area is 179 Å². The number of thioether (sulfide) groups is 1. The molecule has 0 aliphatic carbocycles. The molecule has 0 saturated heterocycles. The van der Waals surface area contributed by atoms with Crippen LogP contribution < -0.4 is 10.1 Å². The molecule has 8 heteroatoms. The van der Waals surface area contributed by atoms with E-state index in [9.17, 15) is 4.79 Å². The Hall–Kier alpha value is -2.51. The number of nitrogens with one attached hydrogen (secondary N) is 1. The molecule has 1 heterocycles. The van der Waals surface area contributed by atoms with Crippen molar-refractivity contribution < 1.29 is 9.53 Å². The molecule has 0 saturated carbocycles. The quantitative estimate of drug-likeness (QED) is 0.532. The van der Waals surface area contributed by atoms with E-state index in [1.54, 1.807) is 6.07 Å². The van der Waals surface area contributed by atoms with E-state index in [1.165, 1.54) is 11.8 Å². The second kappa shape index (κ2) is 9.33. The lowest BCUT2D eigenvalue weighted by molar-refractivity contribution is -0.115. The Balaban J connectivity index is 1.66. The smallest absolute Gasteiger partial charge is 0.237 e. The van der Waals surface area contributed by atoms with Gasteiger partial charge in [0.05, 0.1) is 10.3 Å². The Morgan fingerprint density at radius 2 is 1.83 bits per heavy atom. The lowest BCUT2D eigenvalue weighted by Crippen LogP contribution is -2.23. The minimum Gasteiger partial charge on any atom is -0.481 e. The number of aromatic nitrogens is 3. The molecule has 0 radical (unpaired) electrons. The molecule has 1 N–H and O–H groups in total. The third kappa shape index (κ3) is 5.10. The van der Waals surface area contributed by atoms with Gasteiger partial charge in [-0.1, -0.05) is 53.7 Å². The van der Waals surface area contributed by atoms with Crippen molar-refractivity contribution >= 4 is 35.0 Å². The summed E-state index contributed by atoms with van der Waals surface area (Å²) in [4.78, 5) is 12.6. The average molecular weight is 431 g/mol. The maximum absolute atomic E-state index is 12.6. The average Bonchev–Trinajstić information content (AvgIpc) is 3.05. The lowest BCUT2D eigenvalue weighted by atomic mass is 10.2. The number of carbonyl (C=O) groups is 1. The van der Waals surface area contributed by atoms with Crippen molar-refractivity contribution in [2.45, 2.75) is 37.3 Å². The monoisotopic (exact) mass is 430 g/mol. The number of hydrogen-bond acceptors (Lipinski definition) is 5. The largest absolute Gasteiger partial charge is 0.481 e. The predicted octanol–water partition coefficient (Wildman–Crippen LogP) is 5.04. The Morgan fingerprint density at radius 1 is 1.14 bits per heavy atom. The number of ether oxygens (including phenoxy) is 1. The second-order valence-electron chi connectivity index (χ2n) is 6.65. The molecule has 29 heavy (non-hydrogen) atoms. The standard InChI is InChI=1S/C21H23ClN4O2S/c1-13-9-5-7-11-17(13)23-20(27)15(3)29-21-25-24-19(26(21)4)14(2)28-18-12-8-6-10-16(18)22/h5-12,14-15H,1-4H3,(H,23,27). The number of benzene rings is 2. The summed E-state index contributed by atoms with van der Waals surface area (Å²) in [7, 11) is 1.86. The SMILES string of the molecule is Cc1ccccc1NC(=O)C(C)Sc1nnc(C(C)Oc2ccccc2Cl)n1C. The first kappa shape index (κ1) is 21.2. The highest BCUT2D eigenvalue weighted by Gasteiger charge is 2.22. The first-order valence-electron chi connectivity index (χ1n) is 9.20. The summed E-state index contributed by atoms with van der Waals surface area (Å²) >= 11 is 7.51. The van der Waals surface area contributed by atoms with Crippen molar-refractivity contribution in [1.82, 2.24) is 14.8 Å². The fourth-order valence-electron chi connectivity index (χ4n) is 2.73. The first-order valence-corrected chi connectivity index (χ1v) is 10.5. The van der Waals surface area contributed by atoms with E-state index < -0.39 is 0 Å². The summed E-state index contributed by atoms with van der Waals surface area (Å²) < 4.78 is 7.76. The van der Waals surface area contributed by atoms with E-state index in [-0.39, 0.29) is 17.3 Å². The van der Waals surface area contributed by atoms with Crippen molar-refractivity contribution in [3.05, 3.63) is 64.9 Å². The molecule has 1 aromatic heterocycles. The molecule has 2 atom stereocenters. The molecule has 3 aromatic rings. The fraction of sp³-hybridized carbons (Fsp3) is 0.286. The van der Waals surface area contributed by atoms with Crippen LogP contribution in [0.2, 0.25) is 5.02 Å². The number of aryl methyl sites for hydroxylation is 1. The summed E-state index contributed by atoms with van der Waals surface area (Å²) in [5.41, 5.74) is 1.83.